The van der Waals surface area contributed by atoms with Crippen molar-refractivity contribution in [2.75, 3.05) is 18.4 Å². The number of hydrogen-bond acceptors (Lipinski definition) is 4. The maximum Gasteiger partial charge on any atom is 0.243 e. The Kier molecular flexibility index (Phi) is 6.93. The number of hydrogen-bond donors (Lipinski definition) is 1. The molecule has 0 aliphatic heterocycles. The average Bonchev–Trinajstić information content (AvgIpc) is 2.64. The molecule has 0 saturated carbocycles. The highest BCUT2D eigenvalue weighted by molar-refractivity contribution is 7.89. The SMILES string of the molecule is CCN(CC)S(=O)(=O)c1ccc(N/C=C/C(=O)c2cc(C)ccc2C)cc1. The first-order chi connectivity index (χ1) is 12.8. The van der Waals surface area contributed by atoms with Crippen LogP contribution in [0.2, 0.25) is 0 Å². The van der Waals surface area contributed by atoms with E-state index < -0.39 is 10.0 Å². The predicted octanol–water partition coefficient (Wildman–Crippen LogP) is 4.14. The molecule has 2 aromatic rings. The molecule has 0 bridgehead atoms. The lowest BCUT2D eigenvalue weighted by molar-refractivity contribution is 0.104. The van der Waals surface area contributed by atoms with E-state index in [1.807, 2.05) is 45.9 Å². The minimum Gasteiger partial charge on any atom is -0.362 e. The lowest BCUT2D eigenvalue weighted by Gasteiger charge is -2.18. The van der Waals surface area contributed by atoms with Crippen LogP contribution in [-0.2, 0) is 10.0 Å². The topological polar surface area (TPSA) is 66.5 Å². The molecule has 2 aromatic carbocycles. The van der Waals surface area contributed by atoms with Gasteiger partial charge in [-0.3, -0.25) is 4.79 Å². The monoisotopic (exact) mass is 386 g/mol. The summed E-state index contributed by atoms with van der Waals surface area (Å²) in [6.45, 7) is 8.35. The van der Waals surface area contributed by atoms with Crippen LogP contribution in [0.4, 0.5) is 5.69 Å². The van der Waals surface area contributed by atoms with E-state index in [0.29, 0.717) is 24.3 Å². The molecule has 6 heteroatoms. The minimum atomic E-state index is -3.46. The number of carbonyl (C=O) groups is 1. The Morgan fingerprint density at radius 1 is 1.04 bits per heavy atom. The first-order valence-electron chi connectivity index (χ1n) is 8.94. The van der Waals surface area contributed by atoms with E-state index in [9.17, 15) is 13.2 Å². The summed E-state index contributed by atoms with van der Waals surface area (Å²) in [7, 11) is -3.46. The molecule has 144 valence electrons. The summed E-state index contributed by atoms with van der Waals surface area (Å²) in [4.78, 5) is 12.6. The molecule has 0 aliphatic rings. The summed E-state index contributed by atoms with van der Waals surface area (Å²) in [5.41, 5.74) is 3.35. The largest absolute Gasteiger partial charge is 0.362 e. The molecular weight excluding hydrogens is 360 g/mol. The Labute approximate surface area is 161 Å². The number of nitrogens with zero attached hydrogens (tertiary/aromatic N) is 1. The first kappa shape index (κ1) is 20.9. The zero-order valence-corrected chi connectivity index (χ0v) is 17.0. The molecule has 0 fully saturated rings. The van der Waals surface area contributed by atoms with Crippen LogP contribution in [0.15, 0.2) is 59.6 Å². The van der Waals surface area contributed by atoms with Crippen molar-refractivity contribution in [3.05, 3.63) is 71.4 Å². The van der Waals surface area contributed by atoms with Crippen molar-refractivity contribution in [2.45, 2.75) is 32.6 Å². The molecule has 2 rings (SSSR count). The maximum absolute atomic E-state index is 12.5. The molecule has 0 radical (unpaired) electrons. The number of benzene rings is 2. The van der Waals surface area contributed by atoms with Gasteiger partial charge < -0.3 is 5.32 Å². The molecule has 0 atom stereocenters. The molecule has 0 amide bonds. The van der Waals surface area contributed by atoms with Crippen LogP contribution >= 0.6 is 0 Å². The molecule has 0 aliphatic carbocycles. The molecule has 0 unspecified atom stereocenters. The van der Waals surface area contributed by atoms with Crippen molar-refractivity contribution >= 4 is 21.5 Å². The van der Waals surface area contributed by atoms with E-state index in [-0.39, 0.29) is 10.7 Å². The van der Waals surface area contributed by atoms with Gasteiger partial charge in [0.25, 0.3) is 0 Å². The number of ketones is 1. The van der Waals surface area contributed by atoms with Crippen LogP contribution in [-0.4, -0.2) is 31.6 Å². The number of nitrogens with one attached hydrogen (secondary N) is 1. The fourth-order valence-electron chi connectivity index (χ4n) is 2.74. The molecule has 0 spiro atoms. The molecule has 0 saturated heterocycles. The summed E-state index contributed by atoms with van der Waals surface area (Å²) >= 11 is 0. The average molecular weight is 387 g/mol. The number of sulfonamides is 1. The summed E-state index contributed by atoms with van der Waals surface area (Å²) < 4.78 is 26.4. The Morgan fingerprint density at radius 3 is 2.26 bits per heavy atom. The van der Waals surface area contributed by atoms with Crippen molar-refractivity contribution in [3.8, 4) is 0 Å². The van der Waals surface area contributed by atoms with Crippen LogP contribution < -0.4 is 5.32 Å². The fourth-order valence-corrected chi connectivity index (χ4v) is 4.20. The fraction of sp³-hybridized carbons (Fsp3) is 0.286. The normalized spacial score (nSPS) is 11.9. The number of allylic oxidation sites excluding steroid dienone is 1. The van der Waals surface area contributed by atoms with Gasteiger partial charge in [0.1, 0.15) is 0 Å². The number of rotatable bonds is 8. The second-order valence-corrected chi connectivity index (χ2v) is 8.21. The van der Waals surface area contributed by atoms with Gasteiger partial charge in [-0.15, -0.1) is 0 Å². The first-order valence-corrected chi connectivity index (χ1v) is 10.4. The number of carbonyl (C=O) groups excluding carboxylic acids is 1. The van der Waals surface area contributed by atoms with E-state index in [4.69, 9.17) is 0 Å². The lowest BCUT2D eigenvalue weighted by Crippen LogP contribution is -2.30. The molecule has 0 heterocycles. The van der Waals surface area contributed by atoms with Gasteiger partial charge in [-0.1, -0.05) is 31.5 Å². The van der Waals surface area contributed by atoms with Gasteiger partial charge in [-0.2, -0.15) is 4.31 Å². The third kappa shape index (κ3) is 5.05. The van der Waals surface area contributed by atoms with E-state index in [1.54, 1.807) is 30.5 Å². The van der Waals surface area contributed by atoms with Gasteiger partial charge >= 0.3 is 0 Å². The van der Waals surface area contributed by atoms with Crippen molar-refractivity contribution < 1.29 is 13.2 Å². The molecular formula is C21H26N2O3S. The van der Waals surface area contributed by atoms with Gasteiger partial charge in [0.2, 0.25) is 10.0 Å². The third-order valence-electron chi connectivity index (χ3n) is 4.34. The van der Waals surface area contributed by atoms with Crippen molar-refractivity contribution in [2.24, 2.45) is 0 Å². The zero-order chi connectivity index (χ0) is 20.0. The molecule has 1 N–H and O–H groups in total. The van der Waals surface area contributed by atoms with Gasteiger partial charge in [0.05, 0.1) is 4.90 Å². The summed E-state index contributed by atoms with van der Waals surface area (Å²) in [6, 6.07) is 12.3. The predicted molar refractivity (Wildman–Crippen MR) is 110 cm³/mol. The third-order valence-corrected chi connectivity index (χ3v) is 6.40. The second kappa shape index (κ2) is 8.97. The Bertz CT molecular complexity index is 928. The highest BCUT2D eigenvalue weighted by Gasteiger charge is 2.20. The molecule has 0 aromatic heterocycles. The van der Waals surface area contributed by atoms with Crippen LogP contribution in [0.3, 0.4) is 0 Å². The maximum atomic E-state index is 12.5. The summed E-state index contributed by atoms with van der Waals surface area (Å²) in [5, 5.41) is 3.01. The standard InChI is InChI=1S/C21H26N2O3S/c1-5-23(6-2)27(25,26)19-11-9-18(10-12-19)22-14-13-21(24)20-15-16(3)7-8-17(20)4/h7-15,22H,5-6H2,1-4H3/b14-13+. The van der Waals surface area contributed by atoms with Crippen LogP contribution in [0.5, 0.6) is 0 Å². The highest BCUT2D eigenvalue weighted by Crippen LogP contribution is 2.18. The molecule has 5 nitrogen and oxygen atoms in total. The zero-order valence-electron chi connectivity index (χ0n) is 16.2. The number of anilines is 1. The van der Waals surface area contributed by atoms with Gasteiger partial charge in [0.15, 0.2) is 5.78 Å². The second-order valence-electron chi connectivity index (χ2n) is 6.27. The Morgan fingerprint density at radius 2 is 1.67 bits per heavy atom. The lowest BCUT2D eigenvalue weighted by atomic mass is 10.0. The van der Waals surface area contributed by atoms with Gasteiger partial charge in [-0.05, 0) is 49.7 Å². The van der Waals surface area contributed by atoms with Gasteiger partial charge in [-0.25, -0.2) is 8.42 Å². The Balaban J connectivity index is 2.08. The van der Waals surface area contributed by atoms with E-state index >= 15 is 0 Å². The van der Waals surface area contributed by atoms with E-state index in [2.05, 4.69) is 5.32 Å². The highest BCUT2D eigenvalue weighted by atomic mass is 32.2. The minimum absolute atomic E-state index is 0.0792. The smallest absolute Gasteiger partial charge is 0.243 e. The number of aryl methyl sites for hydroxylation is 2. The van der Waals surface area contributed by atoms with Crippen LogP contribution in [0.1, 0.15) is 35.3 Å². The van der Waals surface area contributed by atoms with Crippen molar-refractivity contribution in [1.29, 1.82) is 0 Å². The van der Waals surface area contributed by atoms with Crippen molar-refractivity contribution in [3.63, 3.8) is 0 Å². The van der Waals surface area contributed by atoms with Crippen molar-refractivity contribution in [1.82, 2.24) is 4.31 Å². The van der Waals surface area contributed by atoms with E-state index in [0.717, 1.165) is 11.1 Å². The summed E-state index contributed by atoms with van der Waals surface area (Å²) in [5.74, 6) is -0.0792. The summed E-state index contributed by atoms with van der Waals surface area (Å²) in [6.07, 6.45) is 3.04. The Hall–Kier alpha value is -2.44. The van der Waals surface area contributed by atoms with Crippen LogP contribution in [0.25, 0.3) is 0 Å². The quantitative estimate of drug-likeness (QED) is 0.547. The van der Waals surface area contributed by atoms with E-state index in [1.165, 1.54) is 10.4 Å². The molecule has 27 heavy (non-hydrogen) atoms. The van der Waals surface area contributed by atoms with Crippen LogP contribution in [0, 0.1) is 13.8 Å². The van der Waals surface area contributed by atoms with Gasteiger partial charge in [0, 0.05) is 36.6 Å².